The van der Waals surface area contributed by atoms with E-state index in [9.17, 15) is 4.79 Å². The molecular formula is C16H15N3O. The number of hydrogen-bond acceptors (Lipinski definition) is 3. The van der Waals surface area contributed by atoms with Crippen LogP contribution in [0.15, 0.2) is 42.6 Å². The Morgan fingerprint density at radius 1 is 1.30 bits per heavy atom. The predicted molar refractivity (Wildman–Crippen MR) is 77.2 cm³/mol. The number of amides is 1. The van der Waals surface area contributed by atoms with Crippen molar-refractivity contribution in [2.45, 2.75) is 13.3 Å². The smallest absolute Gasteiger partial charge is 0.232 e. The SMILES string of the molecule is Cc1ccccc1CC(=O)N(C)c1ccc(C#N)cn1. The van der Waals surface area contributed by atoms with Gasteiger partial charge in [0.25, 0.3) is 0 Å². The minimum absolute atomic E-state index is 0.0310. The lowest BCUT2D eigenvalue weighted by atomic mass is 10.1. The first kappa shape index (κ1) is 13.8. The van der Waals surface area contributed by atoms with Gasteiger partial charge in [0.15, 0.2) is 0 Å². The van der Waals surface area contributed by atoms with Crippen molar-refractivity contribution < 1.29 is 4.79 Å². The molecular weight excluding hydrogens is 250 g/mol. The van der Waals surface area contributed by atoms with Gasteiger partial charge in [-0.1, -0.05) is 24.3 Å². The fourth-order valence-corrected chi connectivity index (χ4v) is 1.87. The van der Waals surface area contributed by atoms with Crippen LogP contribution >= 0.6 is 0 Å². The largest absolute Gasteiger partial charge is 0.300 e. The molecule has 1 amide bonds. The lowest BCUT2D eigenvalue weighted by molar-refractivity contribution is -0.117. The van der Waals surface area contributed by atoms with Crippen molar-refractivity contribution in [3.63, 3.8) is 0 Å². The third-order valence-corrected chi connectivity index (χ3v) is 3.20. The van der Waals surface area contributed by atoms with Gasteiger partial charge in [0, 0.05) is 13.2 Å². The lowest BCUT2D eigenvalue weighted by Crippen LogP contribution is -2.28. The Morgan fingerprint density at radius 3 is 2.65 bits per heavy atom. The van der Waals surface area contributed by atoms with Gasteiger partial charge in [-0.25, -0.2) is 4.98 Å². The highest BCUT2D eigenvalue weighted by molar-refractivity contribution is 5.93. The highest BCUT2D eigenvalue weighted by Gasteiger charge is 2.13. The number of benzene rings is 1. The van der Waals surface area contributed by atoms with E-state index in [1.165, 1.54) is 11.1 Å². The van der Waals surface area contributed by atoms with Crippen LogP contribution in [0.4, 0.5) is 5.82 Å². The van der Waals surface area contributed by atoms with E-state index in [-0.39, 0.29) is 5.91 Å². The van der Waals surface area contributed by atoms with E-state index in [4.69, 9.17) is 5.26 Å². The zero-order valence-electron chi connectivity index (χ0n) is 11.5. The van der Waals surface area contributed by atoms with Crippen molar-refractivity contribution in [1.82, 2.24) is 4.98 Å². The summed E-state index contributed by atoms with van der Waals surface area (Å²) in [5, 5.41) is 8.73. The molecule has 1 aromatic carbocycles. The number of rotatable bonds is 3. The predicted octanol–water partition coefficient (Wildman–Crippen LogP) is 2.47. The average Bonchev–Trinajstić information content (AvgIpc) is 2.49. The first-order valence-corrected chi connectivity index (χ1v) is 6.29. The van der Waals surface area contributed by atoms with Crippen LogP contribution in [0, 0.1) is 18.3 Å². The summed E-state index contributed by atoms with van der Waals surface area (Å²) in [4.78, 5) is 17.9. The number of aryl methyl sites for hydroxylation is 1. The van der Waals surface area contributed by atoms with Crippen LogP contribution in [0.2, 0.25) is 0 Å². The van der Waals surface area contributed by atoms with Gasteiger partial charge in [-0.2, -0.15) is 5.26 Å². The van der Waals surface area contributed by atoms with Gasteiger partial charge in [-0.3, -0.25) is 9.69 Å². The van der Waals surface area contributed by atoms with E-state index in [1.54, 1.807) is 19.2 Å². The monoisotopic (exact) mass is 265 g/mol. The van der Waals surface area contributed by atoms with Crippen LogP contribution in [0.5, 0.6) is 0 Å². The second kappa shape index (κ2) is 5.98. The molecule has 100 valence electrons. The Morgan fingerprint density at radius 2 is 2.05 bits per heavy atom. The van der Waals surface area contributed by atoms with Crippen LogP contribution in [-0.4, -0.2) is 17.9 Å². The summed E-state index contributed by atoms with van der Waals surface area (Å²) in [7, 11) is 1.69. The van der Waals surface area contributed by atoms with Crippen molar-refractivity contribution >= 4 is 11.7 Å². The molecule has 2 rings (SSSR count). The number of nitrogens with zero attached hydrogens (tertiary/aromatic N) is 3. The van der Waals surface area contributed by atoms with Crippen molar-refractivity contribution in [2.75, 3.05) is 11.9 Å². The van der Waals surface area contributed by atoms with Gasteiger partial charge in [-0.15, -0.1) is 0 Å². The molecule has 0 atom stereocenters. The Balaban J connectivity index is 2.12. The average molecular weight is 265 g/mol. The summed E-state index contributed by atoms with van der Waals surface area (Å²) < 4.78 is 0. The van der Waals surface area contributed by atoms with Crippen LogP contribution in [-0.2, 0) is 11.2 Å². The standard InChI is InChI=1S/C16H15N3O/c1-12-5-3-4-6-14(12)9-16(20)19(2)15-8-7-13(10-17)11-18-15/h3-8,11H,9H2,1-2H3. The number of likely N-dealkylation sites (N-methyl/N-ethyl adjacent to an activating group) is 1. The molecule has 1 aromatic heterocycles. The molecule has 0 spiro atoms. The van der Waals surface area contributed by atoms with Gasteiger partial charge >= 0.3 is 0 Å². The van der Waals surface area contributed by atoms with Gasteiger partial charge < -0.3 is 0 Å². The number of carbonyl (C=O) groups is 1. The zero-order chi connectivity index (χ0) is 14.5. The van der Waals surface area contributed by atoms with E-state index in [2.05, 4.69) is 4.98 Å². The number of anilines is 1. The summed E-state index contributed by atoms with van der Waals surface area (Å²) in [5.74, 6) is 0.513. The number of carbonyl (C=O) groups excluding carboxylic acids is 1. The maximum atomic E-state index is 12.2. The lowest BCUT2D eigenvalue weighted by Gasteiger charge is -2.16. The van der Waals surface area contributed by atoms with E-state index in [0.29, 0.717) is 17.8 Å². The van der Waals surface area contributed by atoms with Crippen molar-refractivity contribution in [1.29, 1.82) is 5.26 Å². The van der Waals surface area contributed by atoms with Crippen LogP contribution in [0.3, 0.4) is 0 Å². The molecule has 0 bridgehead atoms. The first-order valence-electron chi connectivity index (χ1n) is 6.29. The van der Waals surface area contributed by atoms with Gasteiger partial charge in [0.1, 0.15) is 11.9 Å². The third kappa shape index (κ3) is 3.01. The summed E-state index contributed by atoms with van der Waals surface area (Å²) in [5.41, 5.74) is 2.59. The molecule has 0 saturated heterocycles. The van der Waals surface area contributed by atoms with Crippen LogP contribution in [0.25, 0.3) is 0 Å². The highest BCUT2D eigenvalue weighted by atomic mass is 16.2. The molecule has 4 heteroatoms. The Kier molecular flexibility index (Phi) is 4.11. The van der Waals surface area contributed by atoms with Crippen LogP contribution < -0.4 is 4.90 Å². The van der Waals surface area contributed by atoms with E-state index >= 15 is 0 Å². The molecule has 20 heavy (non-hydrogen) atoms. The molecule has 0 radical (unpaired) electrons. The molecule has 0 N–H and O–H groups in total. The molecule has 4 nitrogen and oxygen atoms in total. The third-order valence-electron chi connectivity index (χ3n) is 3.20. The highest BCUT2D eigenvalue weighted by Crippen LogP contribution is 2.13. The molecule has 2 aromatic rings. The number of nitriles is 1. The van der Waals surface area contributed by atoms with Gasteiger partial charge in [0.2, 0.25) is 5.91 Å². The summed E-state index contributed by atoms with van der Waals surface area (Å²) in [6.07, 6.45) is 1.80. The summed E-state index contributed by atoms with van der Waals surface area (Å²) in [6.45, 7) is 1.99. The molecule has 1 heterocycles. The summed E-state index contributed by atoms with van der Waals surface area (Å²) >= 11 is 0. The fourth-order valence-electron chi connectivity index (χ4n) is 1.87. The normalized spacial score (nSPS) is 9.85. The van der Waals surface area contributed by atoms with E-state index in [1.807, 2.05) is 37.3 Å². The molecule has 0 aliphatic heterocycles. The maximum Gasteiger partial charge on any atom is 0.232 e. The molecule has 0 saturated carbocycles. The minimum atomic E-state index is -0.0310. The van der Waals surface area contributed by atoms with Gasteiger partial charge in [-0.05, 0) is 30.2 Å². The molecule has 0 unspecified atom stereocenters. The number of pyridine rings is 1. The van der Waals surface area contributed by atoms with E-state index < -0.39 is 0 Å². The van der Waals surface area contributed by atoms with Crippen LogP contribution in [0.1, 0.15) is 16.7 Å². The zero-order valence-corrected chi connectivity index (χ0v) is 11.5. The molecule has 0 aliphatic rings. The van der Waals surface area contributed by atoms with Crippen molar-refractivity contribution in [3.8, 4) is 6.07 Å². The quantitative estimate of drug-likeness (QED) is 0.856. The summed E-state index contributed by atoms with van der Waals surface area (Å²) in [6, 6.07) is 13.2. The molecule has 0 fully saturated rings. The first-order chi connectivity index (χ1) is 9.61. The van der Waals surface area contributed by atoms with E-state index in [0.717, 1.165) is 11.1 Å². The molecule has 0 aliphatic carbocycles. The topological polar surface area (TPSA) is 57.0 Å². The van der Waals surface area contributed by atoms with Crippen molar-refractivity contribution in [2.24, 2.45) is 0 Å². The Labute approximate surface area is 118 Å². The van der Waals surface area contributed by atoms with Gasteiger partial charge in [0.05, 0.1) is 12.0 Å². The second-order valence-electron chi connectivity index (χ2n) is 4.57. The Hall–Kier alpha value is -2.67. The second-order valence-corrected chi connectivity index (χ2v) is 4.57. The maximum absolute atomic E-state index is 12.2. The Bertz CT molecular complexity index is 656. The number of aromatic nitrogens is 1. The van der Waals surface area contributed by atoms with Crippen molar-refractivity contribution in [3.05, 3.63) is 59.3 Å². The minimum Gasteiger partial charge on any atom is -0.300 e. The number of hydrogen-bond donors (Lipinski definition) is 0. The fraction of sp³-hybridized carbons (Fsp3) is 0.188.